The summed E-state index contributed by atoms with van der Waals surface area (Å²) in [6.45, 7) is 6.44. The zero-order valence-electron chi connectivity index (χ0n) is 21.5. The topological polar surface area (TPSA) is 71.5 Å². The fourth-order valence-electron chi connectivity index (χ4n) is 6.24. The molecule has 6 nitrogen and oxygen atoms in total. The molecule has 5 atom stereocenters. The van der Waals surface area contributed by atoms with Crippen molar-refractivity contribution in [2.75, 3.05) is 20.2 Å². The van der Waals surface area contributed by atoms with Gasteiger partial charge in [0.15, 0.2) is 0 Å². The van der Waals surface area contributed by atoms with Crippen LogP contribution in [0, 0.1) is 11.8 Å². The number of rotatable bonds is 9. The van der Waals surface area contributed by atoms with Crippen LogP contribution in [-0.2, 0) is 16.4 Å². The highest BCUT2D eigenvalue weighted by molar-refractivity contribution is 7.89. The van der Waals surface area contributed by atoms with Crippen LogP contribution in [0.25, 0.3) is 10.9 Å². The molecule has 3 fully saturated rings. The Morgan fingerprint density at radius 2 is 1.94 bits per heavy atom. The highest BCUT2D eigenvalue weighted by Gasteiger charge is 2.44. The summed E-state index contributed by atoms with van der Waals surface area (Å²) in [4.78, 5) is 7.38. The second-order valence-electron chi connectivity index (χ2n) is 10.3. The van der Waals surface area contributed by atoms with Crippen LogP contribution in [0.15, 0.2) is 59.6 Å². The van der Waals surface area contributed by atoms with Crippen molar-refractivity contribution in [3.05, 3.63) is 65.9 Å². The average molecular weight is 508 g/mol. The van der Waals surface area contributed by atoms with Crippen molar-refractivity contribution in [2.24, 2.45) is 11.8 Å². The minimum absolute atomic E-state index is 0.0949. The van der Waals surface area contributed by atoms with E-state index in [2.05, 4.69) is 28.5 Å². The van der Waals surface area contributed by atoms with E-state index in [1.54, 1.807) is 25.4 Å². The lowest BCUT2D eigenvalue weighted by Crippen LogP contribution is -2.57. The predicted molar refractivity (Wildman–Crippen MR) is 144 cm³/mol. The molecule has 3 aromatic rings. The van der Waals surface area contributed by atoms with Crippen molar-refractivity contribution in [3.63, 3.8) is 0 Å². The van der Waals surface area contributed by atoms with Crippen molar-refractivity contribution in [2.45, 2.75) is 62.9 Å². The summed E-state index contributed by atoms with van der Waals surface area (Å²) in [7, 11) is -2.09. The number of aromatic nitrogens is 1. The molecule has 3 aliphatic rings. The number of sulfonamides is 1. The van der Waals surface area contributed by atoms with Gasteiger partial charge < -0.3 is 4.74 Å². The van der Waals surface area contributed by atoms with E-state index in [-0.39, 0.29) is 12.1 Å². The Labute approximate surface area is 215 Å². The van der Waals surface area contributed by atoms with E-state index in [9.17, 15) is 8.42 Å². The molecule has 0 radical (unpaired) electrons. The summed E-state index contributed by atoms with van der Waals surface area (Å²) < 4.78 is 36.1. The lowest BCUT2D eigenvalue weighted by molar-refractivity contribution is -0.0128. The van der Waals surface area contributed by atoms with Crippen LogP contribution in [0.1, 0.15) is 56.7 Å². The van der Waals surface area contributed by atoms with Crippen LogP contribution in [-0.4, -0.2) is 44.5 Å². The number of ether oxygens (including phenoxy) is 1. The first-order chi connectivity index (χ1) is 17.4. The van der Waals surface area contributed by atoms with E-state index in [1.165, 1.54) is 12.8 Å². The van der Waals surface area contributed by atoms with Crippen LogP contribution in [0.3, 0.4) is 0 Å². The molecule has 192 valence electrons. The Balaban J connectivity index is 1.56. The number of aryl methyl sites for hydroxylation is 1. The van der Waals surface area contributed by atoms with Crippen LogP contribution in [0.4, 0.5) is 0 Å². The second-order valence-corrected chi connectivity index (χ2v) is 12.0. The number of benzene rings is 2. The van der Waals surface area contributed by atoms with E-state index >= 15 is 0 Å². The monoisotopic (exact) mass is 507 g/mol. The van der Waals surface area contributed by atoms with E-state index < -0.39 is 10.0 Å². The molecule has 0 saturated carbocycles. The third kappa shape index (κ3) is 4.89. The van der Waals surface area contributed by atoms with Gasteiger partial charge in [-0.1, -0.05) is 38.8 Å². The number of fused-ring (bicyclic) bond motifs is 4. The van der Waals surface area contributed by atoms with E-state index in [0.717, 1.165) is 60.1 Å². The minimum atomic E-state index is -3.74. The number of nitrogens with one attached hydrogen (secondary N) is 1. The van der Waals surface area contributed by atoms with Gasteiger partial charge in [0.05, 0.1) is 23.6 Å². The molecule has 6 rings (SSSR count). The SMILES string of the molecule is CCCc1ccc(S(=O)(=O)NC(c2ccnc3ccc(OC)cc23)C2CC3CCN2CC3CC)cc1. The van der Waals surface area contributed by atoms with E-state index in [0.29, 0.717) is 16.7 Å². The van der Waals surface area contributed by atoms with E-state index in [4.69, 9.17) is 4.74 Å². The summed E-state index contributed by atoms with van der Waals surface area (Å²) >= 11 is 0. The summed E-state index contributed by atoms with van der Waals surface area (Å²) in [6, 6.07) is 14.8. The van der Waals surface area contributed by atoms with Gasteiger partial charge in [0.2, 0.25) is 10.0 Å². The minimum Gasteiger partial charge on any atom is -0.497 e. The number of methoxy groups -OCH3 is 1. The highest BCUT2D eigenvalue weighted by atomic mass is 32.2. The summed E-state index contributed by atoms with van der Waals surface area (Å²) in [5, 5.41) is 0.928. The Hall–Kier alpha value is -2.48. The van der Waals surface area contributed by atoms with Gasteiger partial charge in [-0.05, 0) is 85.2 Å². The van der Waals surface area contributed by atoms with Gasteiger partial charge in [0, 0.05) is 24.2 Å². The van der Waals surface area contributed by atoms with Crippen molar-refractivity contribution >= 4 is 20.9 Å². The first-order valence-corrected chi connectivity index (χ1v) is 14.7. The van der Waals surface area contributed by atoms with E-state index in [1.807, 2.05) is 36.4 Å². The second kappa shape index (κ2) is 10.5. The standard InChI is InChI=1S/C29H37N3O3S/c1-4-6-20-7-10-24(11-8-20)36(33,34)31-29(28-17-22-14-16-32(28)19-21(22)5-2)25-13-15-30-27-12-9-23(35-3)18-26(25)27/h7-13,15,18,21-22,28-29,31H,4-6,14,16-17,19H2,1-3H3. The highest BCUT2D eigenvalue weighted by Crippen LogP contribution is 2.43. The zero-order chi connectivity index (χ0) is 25.3. The fraction of sp³-hybridized carbons (Fsp3) is 0.483. The molecule has 3 aliphatic heterocycles. The predicted octanol–water partition coefficient (Wildman–Crippen LogP) is 5.34. The molecule has 0 spiro atoms. The molecule has 1 aromatic heterocycles. The molecule has 2 bridgehead atoms. The molecule has 5 unspecified atom stereocenters. The van der Waals surface area contributed by atoms with Crippen LogP contribution in [0.5, 0.6) is 5.75 Å². The third-order valence-electron chi connectivity index (χ3n) is 8.22. The smallest absolute Gasteiger partial charge is 0.241 e. The zero-order valence-corrected chi connectivity index (χ0v) is 22.3. The first-order valence-electron chi connectivity index (χ1n) is 13.2. The average Bonchev–Trinajstić information content (AvgIpc) is 2.92. The lowest BCUT2D eigenvalue weighted by atomic mass is 9.72. The normalized spacial score (nSPS) is 24.6. The van der Waals surface area contributed by atoms with Gasteiger partial charge >= 0.3 is 0 Å². The molecule has 7 heteroatoms. The van der Waals surface area contributed by atoms with Gasteiger partial charge in [-0.3, -0.25) is 9.88 Å². The molecule has 2 aromatic carbocycles. The molecule has 36 heavy (non-hydrogen) atoms. The van der Waals surface area contributed by atoms with Gasteiger partial charge in [0.25, 0.3) is 0 Å². The number of hydrogen-bond donors (Lipinski definition) is 1. The first kappa shape index (κ1) is 25.2. The van der Waals surface area contributed by atoms with Crippen molar-refractivity contribution in [3.8, 4) is 5.75 Å². The van der Waals surface area contributed by atoms with Crippen molar-refractivity contribution in [1.82, 2.24) is 14.6 Å². The fourth-order valence-corrected chi connectivity index (χ4v) is 7.49. The molecular formula is C29H37N3O3S. The molecule has 0 aliphatic carbocycles. The van der Waals surface area contributed by atoms with Crippen LogP contribution < -0.4 is 9.46 Å². The Morgan fingerprint density at radius 3 is 2.61 bits per heavy atom. The number of piperidine rings is 3. The summed E-state index contributed by atoms with van der Waals surface area (Å²) in [6.07, 6.45) is 7.12. The van der Waals surface area contributed by atoms with Crippen LogP contribution >= 0.6 is 0 Å². The van der Waals surface area contributed by atoms with Gasteiger partial charge in [0.1, 0.15) is 5.75 Å². The Bertz CT molecular complexity index is 1310. The molecule has 0 amide bonds. The third-order valence-corrected chi connectivity index (χ3v) is 9.67. The molecule has 3 saturated heterocycles. The maximum absolute atomic E-state index is 13.7. The molecular weight excluding hydrogens is 470 g/mol. The maximum Gasteiger partial charge on any atom is 0.241 e. The quantitative estimate of drug-likeness (QED) is 0.424. The maximum atomic E-state index is 13.7. The number of pyridine rings is 1. The number of hydrogen-bond acceptors (Lipinski definition) is 5. The summed E-state index contributed by atoms with van der Waals surface area (Å²) in [5.74, 6) is 2.06. The Kier molecular flexibility index (Phi) is 7.33. The lowest BCUT2D eigenvalue weighted by Gasteiger charge is -2.52. The van der Waals surface area contributed by atoms with Crippen molar-refractivity contribution < 1.29 is 13.2 Å². The van der Waals surface area contributed by atoms with Gasteiger partial charge in [-0.15, -0.1) is 0 Å². The van der Waals surface area contributed by atoms with Gasteiger partial charge in [-0.2, -0.15) is 0 Å². The summed E-state index contributed by atoms with van der Waals surface area (Å²) in [5.41, 5.74) is 2.95. The van der Waals surface area contributed by atoms with Crippen molar-refractivity contribution in [1.29, 1.82) is 0 Å². The number of nitrogens with zero attached hydrogens (tertiary/aromatic N) is 2. The largest absolute Gasteiger partial charge is 0.497 e. The van der Waals surface area contributed by atoms with Gasteiger partial charge in [-0.25, -0.2) is 13.1 Å². The Morgan fingerprint density at radius 1 is 1.14 bits per heavy atom. The molecule has 1 N–H and O–H groups in total. The molecule has 4 heterocycles. The van der Waals surface area contributed by atoms with Crippen LogP contribution in [0.2, 0.25) is 0 Å².